The molecular formula is C19H24N2O2. The number of amides is 1. The molecule has 0 aliphatic carbocycles. The van der Waals surface area contributed by atoms with Crippen molar-refractivity contribution in [1.29, 1.82) is 0 Å². The number of aryl methyl sites for hydroxylation is 4. The van der Waals surface area contributed by atoms with Gasteiger partial charge in [0.25, 0.3) is 0 Å². The number of anilines is 1. The van der Waals surface area contributed by atoms with E-state index < -0.39 is 0 Å². The minimum atomic E-state index is -0.00491. The number of pyridine rings is 1. The average molecular weight is 312 g/mol. The highest BCUT2D eigenvalue weighted by atomic mass is 16.5. The molecule has 1 aromatic carbocycles. The van der Waals surface area contributed by atoms with Gasteiger partial charge in [-0.3, -0.25) is 9.78 Å². The van der Waals surface area contributed by atoms with Crippen molar-refractivity contribution < 1.29 is 9.53 Å². The Morgan fingerprint density at radius 2 is 1.96 bits per heavy atom. The van der Waals surface area contributed by atoms with Gasteiger partial charge in [-0.1, -0.05) is 12.1 Å². The second-order valence-corrected chi connectivity index (χ2v) is 5.86. The Morgan fingerprint density at radius 1 is 1.17 bits per heavy atom. The summed E-state index contributed by atoms with van der Waals surface area (Å²) in [7, 11) is 0. The van der Waals surface area contributed by atoms with Crippen LogP contribution in [-0.4, -0.2) is 17.5 Å². The number of rotatable bonds is 6. The maximum Gasteiger partial charge on any atom is 0.224 e. The fraction of sp³-hybridized carbons (Fsp3) is 0.368. The largest absolute Gasteiger partial charge is 0.494 e. The Labute approximate surface area is 137 Å². The third kappa shape index (κ3) is 5.09. The molecule has 0 unspecified atom stereocenters. The van der Waals surface area contributed by atoms with Crippen molar-refractivity contribution in [1.82, 2.24) is 4.98 Å². The van der Waals surface area contributed by atoms with E-state index in [1.165, 1.54) is 0 Å². The molecule has 0 spiro atoms. The maximum atomic E-state index is 12.1. The lowest BCUT2D eigenvalue weighted by Crippen LogP contribution is -2.15. The van der Waals surface area contributed by atoms with Crippen molar-refractivity contribution in [3.8, 4) is 5.75 Å². The third-order valence-corrected chi connectivity index (χ3v) is 3.60. The van der Waals surface area contributed by atoms with Gasteiger partial charge in [-0.2, -0.15) is 0 Å². The van der Waals surface area contributed by atoms with Gasteiger partial charge >= 0.3 is 0 Å². The van der Waals surface area contributed by atoms with Gasteiger partial charge in [0.2, 0.25) is 5.91 Å². The smallest absolute Gasteiger partial charge is 0.224 e. The monoisotopic (exact) mass is 312 g/mol. The molecule has 1 heterocycles. The molecule has 0 atom stereocenters. The summed E-state index contributed by atoms with van der Waals surface area (Å²) in [5, 5.41) is 2.96. The highest BCUT2D eigenvalue weighted by Gasteiger charge is 2.09. The molecule has 0 saturated carbocycles. The van der Waals surface area contributed by atoms with Gasteiger partial charge in [-0.15, -0.1) is 0 Å². The number of hydrogen-bond acceptors (Lipinski definition) is 3. The number of carbonyl (C=O) groups excluding carboxylic acids is 1. The number of nitrogens with one attached hydrogen (secondary N) is 1. The van der Waals surface area contributed by atoms with E-state index in [1.807, 2.05) is 58.0 Å². The Bertz CT molecular complexity index is 673. The molecule has 4 nitrogen and oxygen atoms in total. The third-order valence-electron chi connectivity index (χ3n) is 3.60. The zero-order valence-corrected chi connectivity index (χ0v) is 14.3. The maximum absolute atomic E-state index is 12.1. The normalized spacial score (nSPS) is 10.4. The Morgan fingerprint density at radius 3 is 2.65 bits per heavy atom. The van der Waals surface area contributed by atoms with Crippen LogP contribution in [0.3, 0.4) is 0 Å². The first-order chi connectivity index (χ1) is 11.0. The average Bonchev–Trinajstić information content (AvgIpc) is 2.47. The number of carbonyl (C=O) groups is 1. The second kappa shape index (κ2) is 7.77. The molecule has 23 heavy (non-hydrogen) atoms. The summed E-state index contributed by atoms with van der Waals surface area (Å²) in [6.45, 7) is 8.41. The van der Waals surface area contributed by atoms with Crippen LogP contribution in [0.5, 0.6) is 5.75 Å². The van der Waals surface area contributed by atoms with Gasteiger partial charge < -0.3 is 10.1 Å². The van der Waals surface area contributed by atoms with Crippen LogP contribution in [0, 0.1) is 27.7 Å². The van der Waals surface area contributed by atoms with Crippen molar-refractivity contribution in [2.24, 2.45) is 0 Å². The van der Waals surface area contributed by atoms with E-state index >= 15 is 0 Å². The standard InChI is InChI=1S/C19H24N2O2/c1-13-7-5-8-17(11-13)23-10-6-9-18(22)21-19-14(2)12-15(3)20-16(19)4/h5,7-8,11-12H,6,9-10H2,1-4H3,(H,21,22). The first kappa shape index (κ1) is 17.0. The molecule has 1 amide bonds. The number of benzene rings is 1. The molecule has 2 aromatic rings. The van der Waals surface area contributed by atoms with E-state index in [9.17, 15) is 4.79 Å². The minimum Gasteiger partial charge on any atom is -0.494 e. The van der Waals surface area contributed by atoms with Crippen LogP contribution in [0.2, 0.25) is 0 Å². The summed E-state index contributed by atoms with van der Waals surface area (Å²) in [5.74, 6) is 0.842. The van der Waals surface area contributed by atoms with Crippen LogP contribution in [0.1, 0.15) is 35.4 Å². The number of aromatic nitrogens is 1. The molecule has 4 heteroatoms. The van der Waals surface area contributed by atoms with Crippen LogP contribution in [0.15, 0.2) is 30.3 Å². The SMILES string of the molecule is Cc1cccc(OCCCC(=O)Nc2c(C)cc(C)nc2C)c1. The predicted octanol–water partition coefficient (Wildman–Crippen LogP) is 4.11. The lowest BCUT2D eigenvalue weighted by molar-refractivity contribution is -0.116. The molecule has 0 aliphatic heterocycles. The van der Waals surface area contributed by atoms with Crippen molar-refractivity contribution in [3.05, 3.63) is 52.8 Å². The van der Waals surface area contributed by atoms with E-state index in [0.717, 1.165) is 34.0 Å². The van der Waals surface area contributed by atoms with Crippen LogP contribution in [0.25, 0.3) is 0 Å². The van der Waals surface area contributed by atoms with Crippen molar-refractivity contribution in [3.63, 3.8) is 0 Å². The Balaban J connectivity index is 1.80. The van der Waals surface area contributed by atoms with Crippen LogP contribution in [0.4, 0.5) is 5.69 Å². The molecule has 0 saturated heterocycles. The molecular weight excluding hydrogens is 288 g/mol. The number of hydrogen-bond donors (Lipinski definition) is 1. The van der Waals surface area contributed by atoms with Crippen molar-refractivity contribution in [2.75, 3.05) is 11.9 Å². The van der Waals surface area contributed by atoms with Gasteiger partial charge in [-0.25, -0.2) is 0 Å². The minimum absolute atomic E-state index is 0.00491. The van der Waals surface area contributed by atoms with E-state index in [2.05, 4.69) is 10.3 Å². The number of nitrogens with zero attached hydrogens (tertiary/aromatic N) is 1. The van der Waals surface area contributed by atoms with Crippen LogP contribution < -0.4 is 10.1 Å². The van der Waals surface area contributed by atoms with Crippen molar-refractivity contribution in [2.45, 2.75) is 40.5 Å². The van der Waals surface area contributed by atoms with Gasteiger partial charge in [0.05, 0.1) is 18.0 Å². The first-order valence-corrected chi connectivity index (χ1v) is 7.90. The fourth-order valence-electron chi connectivity index (χ4n) is 2.54. The molecule has 0 bridgehead atoms. The Kier molecular flexibility index (Phi) is 5.74. The number of ether oxygens (including phenoxy) is 1. The molecule has 0 radical (unpaired) electrons. The topological polar surface area (TPSA) is 51.2 Å². The summed E-state index contributed by atoms with van der Waals surface area (Å²) in [5.41, 5.74) is 4.84. The van der Waals surface area contributed by atoms with Gasteiger partial charge in [-0.05, 0) is 63.4 Å². The van der Waals surface area contributed by atoms with Crippen LogP contribution >= 0.6 is 0 Å². The molecule has 0 aliphatic rings. The summed E-state index contributed by atoms with van der Waals surface area (Å²) in [4.78, 5) is 16.5. The summed E-state index contributed by atoms with van der Waals surface area (Å²) in [6, 6.07) is 9.89. The lowest BCUT2D eigenvalue weighted by atomic mass is 10.1. The van der Waals surface area contributed by atoms with E-state index in [4.69, 9.17) is 4.74 Å². The first-order valence-electron chi connectivity index (χ1n) is 7.90. The highest BCUT2D eigenvalue weighted by molar-refractivity contribution is 5.92. The summed E-state index contributed by atoms with van der Waals surface area (Å²) < 4.78 is 5.66. The Hall–Kier alpha value is -2.36. The molecule has 2 rings (SSSR count). The fourth-order valence-corrected chi connectivity index (χ4v) is 2.54. The van der Waals surface area contributed by atoms with Crippen molar-refractivity contribution >= 4 is 11.6 Å². The van der Waals surface area contributed by atoms with Crippen LogP contribution in [-0.2, 0) is 4.79 Å². The van der Waals surface area contributed by atoms with Gasteiger partial charge in [0.15, 0.2) is 0 Å². The van der Waals surface area contributed by atoms with E-state index in [0.29, 0.717) is 19.4 Å². The lowest BCUT2D eigenvalue weighted by Gasteiger charge is -2.12. The van der Waals surface area contributed by atoms with Gasteiger partial charge in [0, 0.05) is 12.1 Å². The zero-order valence-electron chi connectivity index (χ0n) is 14.3. The van der Waals surface area contributed by atoms with E-state index in [1.54, 1.807) is 0 Å². The molecule has 1 aromatic heterocycles. The molecule has 1 N–H and O–H groups in total. The summed E-state index contributed by atoms with van der Waals surface area (Å²) in [6.07, 6.45) is 1.11. The second-order valence-electron chi connectivity index (χ2n) is 5.86. The molecule has 122 valence electrons. The highest BCUT2D eigenvalue weighted by Crippen LogP contribution is 2.19. The van der Waals surface area contributed by atoms with E-state index in [-0.39, 0.29) is 5.91 Å². The summed E-state index contributed by atoms with van der Waals surface area (Å²) >= 11 is 0. The van der Waals surface area contributed by atoms with Gasteiger partial charge in [0.1, 0.15) is 5.75 Å². The predicted molar refractivity (Wildman–Crippen MR) is 93.0 cm³/mol. The quantitative estimate of drug-likeness (QED) is 0.817. The zero-order chi connectivity index (χ0) is 16.8. The molecule has 0 fully saturated rings.